The number of H-pyrrole nitrogens is 1. The summed E-state index contributed by atoms with van der Waals surface area (Å²) in [5.41, 5.74) is 0.505. The van der Waals surface area contributed by atoms with Gasteiger partial charge in [0.1, 0.15) is 5.75 Å². The minimum atomic E-state index is 0.132. The molecule has 1 aromatic heterocycles. The molecule has 0 aliphatic rings. The van der Waals surface area contributed by atoms with Gasteiger partial charge in [-0.15, -0.1) is 6.42 Å². The normalized spacial score (nSPS) is 8.38. The minimum Gasteiger partial charge on any atom is -0.505 e. The Bertz CT molecular complexity index is 219. The van der Waals surface area contributed by atoms with E-state index in [0.29, 0.717) is 5.56 Å². The van der Waals surface area contributed by atoms with E-state index in [1.165, 1.54) is 6.20 Å². The first-order chi connectivity index (χ1) is 3.84. The number of nitrogens with one attached hydrogen (secondary N) is 1. The van der Waals surface area contributed by atoms with Gasteiger partial charge in [0.15, 0.2) is 0 Å². The third-order valence-electron chi connectivity index (χ3n) is 0.879. The molecule has 0 unspecified atom stereocenters. The van der Waals surface area contributed by atoms with Gasteiger partial charge in [-0.2, -0.15) is 0 Å². The SMILES string of the molecule is C#Cc1c[nH]cc1O. The van der Waals surface area contributed by atoms with Gasteiger partial charge in [0, 0.05) is 12.4 Å². The summed E-state index contributed by atoms with van der Waals surface area (Å²) in [7, 11) is 0. The Labute approximate surface area is 47.2 Å². The Morgan fingerprint density at radius 1 is 1.62 bits per heavy atom. The molecular weight excluding hydrogens is 102 g/mol. The summed E-state index contributed by atoms with van der Waals surface area (Å²) in [6, 6.07) is 0. The smallest absolute Gasteiger partial charge is 0.148 e. The standard InChI is InChI=1S/C6H5NO/c1-2-5-3-7-4-6(5)8/h1,3-4,7-8H. The van der Waals surface area contributed by atoms with E-state index in [1.807, 2.05) is 0 Å². The van der Waals surface area contributed by atoms with Crippen molar-refractivity contribution in [2.45, 2.75) is 0 Å². The Kier molecular flexibility index (Phi) is 0.974. The molecule has 2 heteroatoms. The second-order valence-electron chi connectivity index (χ2n) is 1.40. The maximum absolute atomic E-state index is 8.78. The van der Waals surface area contributed by atoms with Gasteiger partial charge in [-0.05, 0) is 0 Å². The van der Waals surface area contributed by atoms with Crippen LogP contribution in [0.5, 0.6) is 5.75 Å². The fourth-order valence-electron chi connectivity index (χ4n) is 0.471. The lowest BCUT2D eigenvalue weighted by atomic mass is 10.3. The van der Waals surface area contributed by atoms with Gasteiger partial charge < -0.3 is 10.1 Å². The van der Waals surface area contributed by atoms with Crippen molar-refractivity contribution in [1.29, 1.82) is 0 Å². The van der Waals surface area contributed by atoms with E-state index in [9.17, 15) is 0 Å². The fraction of sp³-hybridized carbons (Fsp3) is 0. The van der Waals surface area contributed by atoms with Crippen LogP contribution in [-0.4, -0.2) is 10.1 Å². The van der Waals surface area contributed by atoms with Gasteiger partial charge in [-0.25, -0.2) is 0 Å². The van der Waals surface area contributed by atoms with Gasteiger partial charge in [0.25, 0.3) is 0 Å². The molecule has 2 nitrogen and oxygen atoms in total. The summed E-state index contributed by atoms with van der Waals surface area (Å²) >= 11 is 0. The van der Waals surface area contributed by atoms with Gasteiger partial charge in [0.2, 0.25) is 0 Å². The summed E-state index contributed by atoms with van der Waals surface area (Å²) in [6.07, 6.45) is 7.97. The number of terminal acetylenes is 1. The number of aromatic amines is 1. The molecule has 40 valence electrons. The first kappa shape index (κ1) is 4.79. The van der Waals surface area contributed by atoms with Crippen molar-refractivity contribution in [3.8, 4) is 18.1 Å². The number of hydrogen-bond donors (Lipinski definition) is 2. The van der Waals surface area contributed by atoms with Crippen molar-refractivity contribution in [1.82, 2.24) is 4.98 Å². The molecule has 1 rings (SSSR count). The lowest BCUT2D eigenvalue weighted by Crippen LogP contribution is -1.61. The molecule has 0 bridgehead atoms. The molecule has 0 atom stereocenters. The predicted molar refractivity (Wildman–Crippen MR) is 30.4 cm³/mol. The van der Waals surface area contributed by atoms with E-state index in [1.54, 1.807) is 6.20 Å². The summed E-state index contributed by atoms with van der Waals surface area (Å²) < 4.78 is 0. The molecule has 2 N–H and O–H groups in total. The molecule has 1 heterocycles. The van der Waals surface area contributed by atoms with Crippen LogP contribution in [0.2, 0.25) is 0 Å². The molecule has 0 saturated heterocycles. The van der Waals surface area contributed by atoms with Crippen LogP contribution in [0, 0.1) is 12.3 Å². The maximum Gasteiger partial charge on any atom is 0.148 e. The minimum absolute atomic E-state index is 0.132. The number of hydrogen-bond acceptors (Lipinski definition) is 1. The average Bonchev–Trinajstić information content (AvgIpc) is 2.14. The zero-order valence-corrected chi connectivity index (χ0v) is 4.18. The number of rotatable bonds is 0. The van der Waals surface area contributed by atoms with Crippen LogP contribution in [0.25, 0.3) is 0 Å². The van der Waals surface area contributed by atoms with Crippen molar-refractivity contribution in [2.75, 3.05) is 0 Å². The second kappa shape index (κ2) is 1.63. The largest absolute Gasteiger partial charge is 0.505 e. The highest BCUT2D eigenvalue weighted by atomic mass is 16.3. The summed E-state index contributed by atoms with van der Waals surface area (Å²) in [5, 5.41) is 8.78. The molecule has 0 spiro atoms. The topological polar surface area (TPSA) is 36.0 Å². The molecule has 0 aromatic carbocycles. The highest BCUT2D eigenvalue weighted by molar-refractivity contribution is 5.41. The zero-order valence-electron chi connectivity index (χ0n) is 4.18. The van der Waals surface area contributed by atoms with Crippen LogP contribution in [0.15, 0.2) is 12.4 Å². The van der Waals surface area contributed by atoms with Gasteiger partial charge in [0.05, 0.1) is 5.56 Å². The van der Waals surface area contributed by atoms with Crippen LogP contribution in [-0.2, 0) is 0 Å². The van der Waals surface area contributed by atoms with Crippen molar-refractivity contribution < 1.29 is 5.11 Å². The van der Waals surface area contributed by atoms with E-state index in [-0.39, 0.29) is 5.75 Å². The highest BCUT2D eigenvalue weighted by Gasteiger charge is 1.93. The van der Waals surface area contributed by atoms with E-state index in [2.05, 4.69) is 10.9 Å². The average molecular weight is 107 g/mol. The second-order valence-corrected chi connectivity index (χ2v) is 1.40. The fourth-order valence-corrected chi connectivity index (χ4v) is 0.471. The monoisotopic (exact) mass is 107 g/mol. The summed E-state index contributed by atoms with van der Waals surface area (Å²) in [5.74, 6) is 2.43. The molecular formula is C6H5NO. The molecule has 0 amide bonds. The Morgan fingerprint density at radius 3 is 2.62 bits per heavy atom. The molecule has 8 heavy (non-hydrogen) atoms. The lowest BCUT2D eigenvalue weighted by Gasteiger charge is -1.79. The quantitative estimate of drug-likeness (QED) is 0.470. The molecule has 0 fully saturated rings. The van der Waals surface area contributed by atoms with E-state index in [4.69, 9.17) is 11.5 Å². The first-order valence-corrected chi connectivity index (χ1v) is 2.17. The van der Waals surface area contributed by atoms with Crippen molar-refractivity contribution >= 4 is 0 Å². The van der Waals surface area contributed by atoms with Gasteiger partial charge in [-0.1, -0.05) is 5.92 Å². The third-order valence-corrected chi connectivity index (χ3v) is 0.879. The Hall–Kier alpha value is -1.36. The van der Waals surface area contributed by atoms with Crippen molar-refractivity contribution in [3.63, 3.8) is 0 Å². The molecule has 0 aliphatic carbocycles. The van der Waals surface area contributed by atoms with E-state index in [0.717, 1.165) is 0 Å². The molecule has 0 saturated carbocycles. The van der Waals surface area contributed by atoms with Crippen LogP contribution < -0.4 is 0 Å². The van der Waals surface area contributed by atoms with Crippen LogP contribution >= 0.6 is 0 Å². The summed E-state index contributed by atoms with van der Waals surface area (Å²) in [6.45, 7) is 0. The molecule has 0 radical (unpaired) electrons. The Morgan fingerprint density at radius 2 is 2.38 bits per heavy atom. The first-order valence-electron chi connectivity index (χ1n) is 2.17. The van der Waals surface area contributed by atoms with Crippen molar-refractivity contribution in [3.05, 3.63) is 18.0 Å². The zero-order chi connectivity index (χ0) is 5.98. The predicted octanol–water partition coefficient (Wildman–Crippen LogP) is 0.702. The van der Waals surface area contributed by atoms with Gasteiger partial charge in [-0.3, -0.25) is 0 Å². The lowest BCUT2D eigenvalue weighted by molar-refractivity contribution is 0.475. The summed E-state index contributed by atoms with van der Waals surface area (Å²) in [4.78, 5) is 2.66. The third kappa shape index (κ3) is 0.543. The van der Waals surface area contributed by atoms with Gasteiger partial charge >= 0.3 is 0 Å². The maximum atomic E-state index is 8.78. The molecule has 0 aliphatic heterocycles. The Balaban J connectivity index is 3.15. The van der Waals surface area contributed by atoms with Crippen LogP contribution in [0.3, 0.4) is 0 Å². The molecule has 1 aromatic rings. The van der Waals surface area contributed by atoms with E-state index >= 15 is 0 Å². The highest BCUT2D eigenvalue weighted by Crippen LogP contribution is 2.11. The van der Waals surface area contributed by atoms with Crippen molar-refractivity contribution in [2.24, 2.45) is 0 Å². The number of aromatic hydroxyl groups is 1. The van der Waals surface area contributed by atoms with Crippen LogP contribution in [0.4, 0.5) is 0 Å². The van der Waals surface area contributed by atoms with E-state index < -0.39 is 0 Å². The number of aromatic nitrogens is 1. The van der Waals surface area contributed by atoms with Crippen LogP contribution in [0.1, 0.15) is 5.56 Å².